The van der Waals surface area contributed by atoms with Crippen LogP contribution >= 0.6 is 11.3 Å². The number of hydroxylamine groups is 1. The number of nitrogens with zero attached hydrogens (tertiary/aromatic N) is 4. The Labute approximate surface area is 214 Å². The number of rotatable bonds is 6. The Morgan fingerprint density at radius 2 is 2.00 bits per heavy atom. The number of carbonyl (C=O) groups excluding carboxylic acids is 2. The minimum Gasteiger partial charge on any atom is -0.348 e. The molecule has 1 aliphatic rings. The molecular formula is C25H33FN6O3S. The SMILES string of the molecule is CC.C[C@H](Nc1nc(C(=O)N2CCC(C(=O)NOC(C)(C)C)C2)c2sccc2n1)c1cncc(F)c1. The van der Waals surface area contributed by atoms with Gasteiger partial charge in [0.25, 0.3) is 5.91 Å². The highest BCUT2D eigenvalue weighted by atomic mass is 32.1. The largest absolute Gasteiger partial charge is 0.348 e. The molecule has 0 aromatic carbocycles. The zero-order valence-corrected chi connectivity index (χ0v) is 22.3. The molecule has 36 heavy (non-hydrogen) atoms. The first-order valence-corrected chi connectivity index (χ1v) is 12.9. The van der Waals surface area contributed by atoms with E-state index in [1.165, 1.54) is 17.4 Å². The third kappa shape index (κ3) is 6.73. The first-order chi connectivity index (χ1) is 17.1. The molecule has 4 rings (SSSR count). The van der Waals surface area contributed by atoms with Gasteiger partial charge in [0.05, 0.1) is 34.0 Å². The minimum absolute atomic E-state index is 0.242. The Bertz CT molecular complexity index is 1210. The lowest BCUT2D eigenvalue weighted by Crippen LogP contribution is -2.39. The molecule has 194 valence electrons. The molecule has 0 saturated carbocycles. The number of nitrogens with one attached hydrogen (secondary N) is 2. The molecule has 0 aliphatic carbocycles. The van der Waals surface area contributed by atoms with E-state index >= 15 is 0 Å². The number of aromatic nitrogens is 3. The highest BCUT2D eigenvalue weighted by molar-refractivity contribution is 7.17. The number of hydrogen-bond acceptors (Lipinski definition) is 8. The van der Waals surface area contributed by atoms with Gasteiger partial charge in [0.1, 0.15) is 5.82 Å². The summed E-state index contributed by atoms with van der Waals surface area (Å²) in [7, 11) is 0. The van der Waals surface area contributed by atoms with Crippen LogP contribution in [0.15, 0.2) is 29.9 Å². The fourth-order valence-electron chi connectivity index (χ4n) is 3.61. The van der Waals surface area contributed by atoms with Crippen LogP contribution in [0.5, 0.6) is 0 Å². The number of fused-ring (bicyclic) bond motifs is 1. The van der Waals surface area contributed by atoms with Crippen LogP contribution in [-0.2, 0) is 9.63 Å². The zero-order chi connectivity index (χ0) is 26.5. The summed E-state index contributed by atoms with van der Waals surface area (Å²) in [5.41, 5.74) is 3.55. The molecule has 4 heterocycles. The summed E-state index contributed by atoms with van der Waals surface area (Å²) in [5, 5.41) is 4.99. The second-order valence-electron chi connectivity index (χ2n) is 9.25. The van der Waals surface area contributed by atoms with Crippen LogP contribution in [0.4, 0.5) is 10.3 Å². The lowest BCUT2D eigenvalue weighted by Gasteiger charge is -2.21. The lowest BCUT2D eigenvalue weighted by molar-refractivity contribution is -0.149. The molecule has 1 saturated heterocycles. The maximum Gasteiger partial charge on any atom is 0.274 e. The zero-order valence-electron chi connectivity index (χ0n) is 21.5. The Balaban J connectivity index is 0.00000176. The van der Waals surface area contributed by atoms with E-state index < -0.39 is 11.4 Å². The first-order valence-electron chi connectivity index (χ1n) is 12.0. The predicted octanol–water partition coefficient (Wildman–Crippen LogP) is 4.73. The molecule has 2 amide bonds. The summed E-state index contributed by atoms with van der Waals surface area (Å²) in [6.07, 6.45) is 3.24. The van der Waals surface area contributed by atoms with Gasteiger partial charge in [-0.3, -0.25) is 19.4 Å². The molecule has 11 heteroatoms. The van der Waals surface area contributed by atoms with Crippen LogP contribution in [0.2, 0.25) is 0 Å². The van der Waals surface area contributed by atoms with Gasteiger partial charge in [-0.25, -0.2) is 19.8 Å². The van der Waals surface area contributed by atoms with Gasteiger partial charge in [-0.2, -0.15) is 0 Å². The molecule has 0 bridgehead atoms. The van der Waals surface area contributed by atoms with Crippen molar-refractivity contribution in [2.24, 2.45) is 5.92 Å². The number of amides is 2. The quantitative estimate of drug-likeness (QED) is 0.456. The summed E-state index contributed by atoms with van der Waals surface area (Å²) in [4.78, 5) is 45.7. The summed E-state index contributed by atoms with van der Waals surface area (Å²) >= 11 is 1.39. The van der Waals surface area contributed by atoms with E-state index in [9.17, 15) is 14.0 Å². The number of thiophene rings is 1. The van der Waals surface area contributed by atoms with Crippen molar-refractivity contribution in [3.05, 3.63) is 47.0 Å². The fourth-order valence-corrected chi connectivity index (χ4v) is 4.42. The topological polar surface area (TPSA) is 109 Å². The van der Waals surface area contributed by atoms with Crippen molar-refractivity contribution in [2.45, 2.75) is 59.6 Å². The van der Waals surface area contributed by atoms with Crippen molar-refractivity contribution in [3.8, 4) is 0 Å². The van der Waals surface area contributed by atoms with E-state index in [2.05, 4.69) is 25.7 Å². The number of anilines is 1. The fraction of sp³-hybridized carbons (Fsp3) is 0.480. The second-order valence-corrected chi connectivity index (χ2v) is 10.2. The van der Waals surface area contributed by atoms with Crippen LogP contribution in [0.3, 0.4) is 0 Å². The van der Waals surface area contributed by atoms with Crippen molar-refractivity contribution in [2.75, 3.05) is 18.4 Å². The monoisotopic (exact) mass is 516 g/mol. The molecule has 2 atom stereocenters. The van der Waals surface area contributed by atoms with Gasteiger partial charge in [0.15, 0.2) is 5.69 Å². The number of likely N-dealkylation sites (tertiary alicyclic amines) is 1. The molecule has 3 aromatic rings. The van der Waals surface area contributed by atoms with Gasteiger partial charge < -0.3 is 10.2 Å². The van der Waals surface area contributed by atoms with Gasteiger partial charge in [-0.05, 0) is 57.2 Å². The summed E-state index contributed by atoms with van der Waals surface area (Å²) in [6.45, 7) is 12.1. The van der Waals surface area contributed by atoms with Crippen LogP contribution in [-0.4, -0.2) is 50.4 Å². The van der Waals surface area contributed by atoms with Crippen molar-refractivity contribution < 1.29 is 18.8 Å². The van der Waals surface area contributed by atoms with Gasteiger partial charge >= 0.3 is 0 Å². The Morgan fingerprint density at radius 1 is 1.25 bits per heavy atom. The van der Waals surface area contributed by atoms with Crippen LogP contribution in [0.25, 0.3) is 10.2 Å². The molecule has 9 nitrogen and oxygen atoms in total. The predicted molar refractivity (Wildman–Crippen MR) is 138 cm³/mol. The average Bonchev–Trinajstić information content (AvgIpc) is 3.52. The number of pyridine rings is 1. The Kier molecular flexibility index (Phi) is 8.91. The van der Waals surface area contributed by atoms with Crippen molar-refractivity contribution >= 4 is 39.3 Å². The van der Waals surface area contributed by atoms with E-state index in [0.29, 0.717) is 28.7 Å². The number of halogens is 1. The minimum atomic E-state index is -0.502. The highest BCUT2D eigenvalue weighted by Gasteiger charge is 2.34. The summed E-state index contributed by atoms with van der Waals surface area (Å²) in [5.74, 6) is -1.03. The summed E-state index contributed by atoms with van der Waals surface area (Å²) < 4.78 is 14.2. The standard InChI is InChI=1S/C23H27FN6O3S.C2H6/c1-13(15-9-16(24)11-25-10-15)26-22-27-17-6-8-34-19(17)18(28-22)21(32)30-7-5-14(12-30)20(31)29-33-23(2,3)4;1-2/h6,8-11,13-14H,5,7,12H2,1-4H3,(H,29,31)(H,26,27,28);1-2H3/t13-,14?;/m0./s1. The molecule has 1 aliphatic heterocycles. The second kappa shape index (κ2) is 11.7. The normalized spacial score (nSPS) is 16.3. The van der Waals surface area contributed by atoms with E-state index in [4.69, 9.17) is 4.84 Å². The molecule has 1 unspecified atom stereocenters. The third-order valence-electron chi connectivity index (χ3n) is 5.38. The van der Waals surface area contributed by atoms with E-state index in [-0.39, 0.29) is 42.0 Å². The lowest BCUT2D eigenvalue weighted by atomic mass is 10.1. The number of carbonyl (C=O) groups is 2. The van der Waals surface area contributed by atoms with E-state index in [0.717, 1.165) is 6.20 Å². The van der Waals surface area contributed by atoms with Gasteiger partial charge in [-0.15, -0.1) is 11.3 Å². The number of hydrogen-bond donors (Lipinski definition) is 2. The molecule has 2 N–H and O–H groups in total. The molecule has 0 spiro atoms. The highest BCUT2D eigenvalue weighted by Crippen LogP contribution is 2.28. The van der Waals surface area contributed by atoms with E-state index in [1.807, 2.05) is 53.0 Å². The molecular weight excluding hydrogens is 483 g/mol. The molecule has 1 fully saturated rings. The van der Waals surface area contributed by atoms with Crippen LogP contribution in [0.1, 0.15) is 70.1 Å². The third-order valence-corrected chi connectivity index (χ3v) is 6.29. The van der Waals surface area contributed by atoms with Gasteiger partial charge in [0.2, 0.25) is 11.9 Å². The van der Waals surface area contributed by atoms with Crippen molar-refractivity contribution in [1.82, 2.24) is 25.3 Å². The van der Waals surface area contributed by atoms with Gasteiger partial charge in [0, 0.05) is 19.3 Å². The Hall–Kier alpha value is -3.18. The van der Waals surface area contributed by atoms with E-state index in [1.54, 1.807) is 11.1 Å². The van der Waals surface area contributed by atoms with Gasteiger partial charge in [-0.1, -0.05) is 13.8 Å². The average molecular weight is 517 g/mol. The van der Waals surface area contributed by atoms with Crippen LogP contribution in [0, 0.1) is 11.7 Å². The Morgan fingerprint density at radius 3 is 2.69 bits per heavy atom. The van der Waals surface area contributed by atoms with Crippen LogP contribution < -0.4 is 10.8 Å². The smallest absolute Gasteiger partial charge is 0.274 e. The maximum absolute atomic E-state index is 13.6. The van der Waals surface area contributed by atoms with Crippen molar-refractivity contribution in [3.63, 3.8) is 0 Å². The van der Waals surface area contributed by atoms with Crippen molar-refractivity contribution in [1.29, 1.82) is 0 Å². The maximum atomic E-state index is 13.6. The summed E-state index contributed by atoms with van der Waals surface area (Å²) in [6, 6.07) is 2.88. The molecule has 3 aromatic heterocycles. The molecule has 0 radical (unpaired) electrons. The first kappa shape index (κ1) is 27.4.